The van der Waals surface area contributed by atoms with E-state index in [1.54, 1.807) is 19.1 Å². The minimum Gasteiger partial charge on any atom is -0.385 e. The molecular formula is C15H15ClO2. The first kappa shape index (κ1) is 13.1. The lowest BCUT2D eigenvalue weighted by Crippen LogP contribution is -2.39. The third-order valence-electron chi connectivity index (χ3n) is 3.31. The summed E-state index contributed by atoms with van der Waals surface area (Å²) in [5.74, 6) is 5.82. The Kier molecular flexibility index (Phi) is 3.75. The number of carbonyl (C=O) groups excluding carboxylic acids is 1. The standard InChI is InChI=1S/C15H15ClO2/c1-15(8-3-6-13(17)14(15)18)9-7-11-4-2-5-12(16)10-11/h2,4-5,10,13,17H,3,6,8H2,1H3/t13-,15+/m1/s1. The number of ketones is 1. The molecule has 18 heavy (non-hydrogen) atoms. The van der Waals surface area contributed by atoms with Crippen molar-refractivity contribution in [3.05, 3.63) is 34.9 Å². The van der Waals surface area contributed by atoms with Gasteiger partial charge in [-0.3, -0.25) is 4.79 Å². The first-order valence-corrected chi connectivity index (χ1v) is 6.40. The van der Waals surface area contributed by atoms with E-state index in [2.05, 4.69) is 11.8 Å². The van der Waals surface area contributed by atoms with Gasteiger partial charge in [0.05, 0.1) is 5.41 Å². The Bertz CT molecular complexity index is 527. The zero-order valence-corrected chi connectivity index (χ0v) is 11.0. The van der Waals surface area contributed by atoms with Crippen molar-refractivity contribution in [3.8, 4) is 11.8 Å². The maximum Gasteiger partial charge on any atom is 0.178 e. The highest BCUT2D eigenvalue weighted by Gasteiger charge is 2.38. The van der Waals surface area contributed by atoms with Crippen molar-refractivity contribution < 1.29 is 9.90 Å². The second kappa shape index (κ2) is 5.14. The lowest BCUT2D eigenvalue weighted by atomic mass is 9.74. The minimum atomic E-state index is -0.864. The Morgan fingerprint density at radius 2 is 2.28 bits per heavy atom. The quantitative estimate of drug-likeness (QED) is 0.730. The highest BCUT2D eigenvalue weighted by atomic mass is 35.5. The summed E-state index contributed by atoms with van der Waals surface area (Å²) in [6.45, 7) is 1.80. The molecule has 1 aromatic carbocycles. The van der Waals surface area contributed by atoms with Gasteiger partial charge in [0.1, 0.15) is 6.10 Å². The Balaban J connectivity index is 2.25. The van der Waals surface area contributed by atoms with Gasteiger partial charge in [0.15, 0.2) is 5.78 Å². The van der Waals surface area contributed by atoms with Crippen molar-refractivity contribution in [2.75, 3.05) is 0 Å². The molecule has 0 aromatic heterocycles. The molecule has 0 amide bonds. The van der Waals surface area contributed by atoms with Crippen LogP contribution in [0.5, 0.6) is 0 Å². The van der Waals surface area contributed by atoms with Crippen molar-refractivity contribution >= 4 is 17.4 Å². The summed E-state index contributed by atoms with van der Waals surface area (Å²) >= 11 is 5.88. The molecule has 1 saturated carbocycles. The van der Waals surface area contributed by atoms with Gasteiger partial charge in [0, 0.05) is 10.6 Å². The van der Waals surface area contributed by atoms with Crippen LogP contribution in [0.15, 0.2) is 24.3 Å². The molecule has 1 aliphatic rings. The molecule has 3 heteroatoms. The second-order valence-electron chi connectivity index (χ2n) is 4.86. The number of halogens is 1. The molecule has 1 fully saturated rings. The number of hydrogen-bond donors (Lipinski definition) is 1. The third kappa shape index (κ3) is 2.75. The van der Waals surface area contributed by atoms with Crippen LogP contribution in [-0.4, -0.2) is 17.0 Å². The fraction of sp³-hybridized carbons (Fsp3) is 0.400. The van der Waals surface area contributed by atoms with Crippen LogP contribution in [0.2, 0.25) is 5.02 Å². The van der Waals surface area contributed by atoms with Crippen LogP contribution >= 0.6 is 11.6 Å². The largest absolute Gasteiger partial charge is 0.385 e. The Morgan fingerprint density at radius 3 is 3.00 bits per heavy atom. The van der Waals surface area contributed by atoms with Gasteiger partial charge in [-0.1, -0.05) is 29.5 Å². The lowest BCUT2D eigenvalue weighted by molar-refractivity contribution is -0.137. The van der Waals surface area contributed by atoms with E-state index < -0.39 is 11.5 Å². The monoisotopic (exact) mass is 262 g/mol. The lowest BCUT2D eigenvalue weighted by Gasteiger charge is -2.29. The molecule has 1 N–H and O–H groups in total. The minimum absolute atomic E-state index is 0.164. The molecule has 0 aliphatic heterocycles. The summed E-state index contributed by atoms with van der Waals surface area (Å²) in [5.41, 5.74) is 0.0524. The molecule has 0 bridgehead atoms. The van der Waals surface area contributed by atoms with Gasteiger partial charge >= 0.3 is 0 Å². The zero-order chi connectivity index (χ0) is 13.2. The van der Waals surface area contributed by atoms with E-state index in [9.17, 15) is 9.90 Å². The Hall–Kier alpha value is -1.30. The van der Waals surface area contributed by atoms with Crippen LogP contribution in [0.25, 0.3) is 0 Å². The summed E-state index contributed by atoms with van der Waals surface area (Å²) < 4.78 is 0. The van der Waals surface area contributed by atoms with Crippen molar-refractivity contribution in [2.45, 2.75) is 32.3 Å². The second-order valence-corrected chi connectivity index (χ2v) is 5.30. The smallest absolute Gasteiger partial charge is 0.178 e. The maximum absolute atomic E-state index is 12.0. The van der Waals surface area contributed by atoms with Crippen molar-refractivity contribution in [1.29, 1.82) is 0 Å². The van der Waals surface area contributed by atoms with Crippen LogP contribution in [-0.2, 0) is 4.79 Å². The number of Topliss-reactive ketones (excluding diaryl/α,β-unsaturated/α-hetero) is 1. The van der Waals surface area contributed by atoms with Gasteiger partial charge in [0.25, 0.3) is 0 Å². The summed E-state index contributed by atoms with van der Waals surface area (Å²) in [6, 6.07) is 7.23. The molecule has 2 rings (SSSR count). The third-order valence-corrected chi connectivity index (χ3v) is 3.54. The van der Waals surface area contributed by atoms with E-state index in [-0.39, 0.29) is 5.78 Å². The van der Waals surface area contributed by atoms with Crippen LogP contribution in [0.1, 0.15) is 31.7 Å². The highest BCUT2D eigenvalue weighted by molar-refractivity contribution is 6.30. The predicted molar refractivity (Wildman–Crippen MR) is 71.3 cm³/mol. The molecule has 1 aliphatic carbocycles. The number of carbonyl (C=O) groups is 1. The SMILES string of the molecule is C[C@@]1(C#Cc2cccc(Cl)c2)CCC[C@@H](O)C1=O. The number of aliphatic hydroxyl groups is 1. The molecule has 2 atom stereocenters. The Morgan fingerprint density at radius 1 is 1.50 bits per heavy atom. The Labute approximate surface area is 112 Å². The maximum atomic E-state index is 12.0. The molecule has 0 spiro atoms. The highest BCUT2D eigenvalue weighted by Crippen LogP contribution is 2.32. The molecule has 0 heterocycles. The van der Waals surface area contributed by atoms with Crippen LogP contribution in [0.4, 0.5) is 0 Å². The van der Waals surface area contributed by atoms with Crippen molar-refractivity contribution in [1.82, 2.24) is 0 Å². The van der Waals surface area contributed by atoms with E-state index in [0.29, 0.717) is 17.9 Å². The molecule has 0 unspecified atom stereocenters. The molecular weight excluding hydrogens is 248 g/mol. The summed E-state index contributed by atoms with van der Waals surface area (Å²) in [4.78, 5) is 12.0. The molecule has 0 radical (unpaired) electrons. The molecule has 0 saturated heterocycles. The van der Waals surface area contributed by atoms with Gasteiger partial charge in [-0.2, -0.15) is 0 Å². The first-order valence-electron chi connectivity index (χ1n) is 6.02. The average Bonchev–Trinajstić information content (AvgIpc) is 2.34. The van der Waals surface area contributed by atoms with Crippen LogP contribution < -0.4 is 0 Å². The first-order chi connectivity index (χ1) is 8.51. The summed E-state index contributed by atoms with van der Waals surface area (Å²) in [7, 11) is 0. The van der Waals surface area contributed by atoms with Gasteiger partial charge < -0.3 is 5.11 Å². The van der Waals surface area contributed by atoms with E-state index in [1.807, 2.05) is 12.1 Å². The number of hydrogen-bond acceptors (Lipinski definition) is 2. The van der Waals surface area contributed by atoms with Crippen molar-refractivity contribution in [2.24, 2.45) is 5.41 Å². The van der Waals surface area contributed by atoms with Gasteiger partial charge in [-0.15, -0.1) is 0 Å². The van der Waals surface area contributed by atoms with Crippen LogP contribution in [0.3, 0.4) is 0 Å². The van der Waals surface area contributed by atoms with E-state index in [4.69, 9.17) is 11.6 Å². The average molecular weight is 263 g/mol. The topological polar surface area (TPSA) is 37.3 Å². The number of benzene rings is 1. The fourth-order valence-corrected chi connectivity index (χ4v) is 2.36. The zero-order valence-electron chi connectivity index (χ0n) is 10.2. The molecule has 1 aromatic rings. The van der Waals surface area contributed by atoms with E-state index in [0.717, 1.165) is 12.0 Å². The van der Waals surface area contributed by atoms with E-state index in [1.165, 1.54) is 0 Å². The van der Waals surface area contributed by atoms with Gasteiger partial charge in [-0.05, 0) is 44.4 Å². The van der Waals surface area contributed by atoms with Gasteiger partial charge in [-0.25, -0.2) is 0 Å². The summed E-state index contributed by atoms with van der Waals surface area (Å²) in [5, 5.41) is 10.2. The fourth-order valence-electron chi connectivity index (χ4n) is 2.17. The summed E-state index contributed by atoms with van der Waals surface area (Å²) in [6.07, 6.45) is 1.22. The van der Waals surface area contributed by atoms with Crippen molar-refractivity contribution in [3.63, 3.8) is 0 Å². The van der Waals surface area contributed by atoms with Crippen LogP contribution in [0, 0.1) is 17.3 Å². The van der Waals surface area contributed by atoms with Gasteiger partial charge in [0.2, 0.25) is 0 Å². The van der Waals surface area contributed by atoms with E-state index >= 15 is 0 Å². The number of aliphatic hydroxyl groups excluding tert-OH is 1. The normalized spacial score (nSPS) is 27.5. The number of rotatable bonds is 0. The predicted octanol–water partition coefficient (Wildman–Crippen LogP) is 2.81. The molecule has 94 valence electrons. The molecule has 2 nitrogen and oxygen atoms in total.